The first-order valence-corrected chi connectivity index (χ1v) is 7.60. The van der Waals surface area contributed by atoms with Gasteiger partial charge in [-0.1, -0.05) is 18.2 Å². The molecule has 1 amide bonds. The Balaban J connectivity index is 0.00000192. The predicted molar refractivity (Wildman–Crippen MR) is 90.2 cm³/mol. The number of hydrogen-bond donors (Lipinski definition) is 2. The van der Waals surface area contributed by atoms with Gasteiger partial charge in [-0.2, -0.15) is 0 Å². The van der Waals surface area contributed by atoms with Gasteiger partial charge in [0.25, 0.3) is 11.9 Å². The molecule has 2 aromatic rings. The molecule has 23 heavy (non-hydrogen) atoms. The summed E-state index contributed by atoms with van der Waals surface area (Å²) in [6.07, 6.45) is 3.86. The molecule has 2 atom stereocenters. The van der Waals surface area contributed by atoms with Crippen LogP contribution in [0.4, 0.5) is 0 Å². The molecule has 3 rings (SSSR count). The molecule has 1 fully saturated rings. The van der Waals surface area contributed by atoms with Gasteiger partial charge in [-0.15, -0.1) is 12.4 Å². The Hall–Kier alpha value is -1.98. The highest BCUT2D eigenvalue weighted by molar-refractivity contribution is 5.91. The molecule has 6 heteroatoms. The van der Waals surface area contributed by atoms with E-state index in [4.69, 9.17) is 14.9 Å². The summed E-state index contributed by atoms with van der Waals surface area (Å²) in [6.45, 7) is 0. The van der Waals surface area contributed by atoms with Gasteiger partial charge in [-0.05, 0) is 43.9 Å². The van der Waals surface area contributed by atoms with Crippen LogP contribution in [0.15, 0.2) is 46.9 Å². The molecule has 1 aromatic heterocycles. The molecule has 0 saturated heterocycles. The Morgan fingerprint density at radius 3 is 2.70 bits per heavy atom. The molecule has 124 valence electrons. The Kier molecular flexibility index (Phi) is 6.07. The van der Waals surface area contributed by atoms with E-state index < -0.39 is 0 Å². The average molecular weight is 337 g/mol. The Morgan fingerprint density at radius 2 is 1.96 bits per heavy atom. The minimum Gasteiger partial charge on any atom is -0.426 e. The second-order valence-electron chi connectivity index (χ2n) is 5.63. The van der Waals surface area contributed by atoms with Crippen molar-refractivity contribution >= 4 is 18.3 Å². The van der Waals surface area contributed by atoms with Crippen LogP contribution in [0.3, 0.4) is 0 Å². The van der Waals surface area contributed by atoms with Crippen LogP contribution in [0.2, 0.25) is 0 Å². The number of ether oxygens (including phenoxy) is 1. The van der Waals surface area contributed by atoms with Gasteiger partial charge in [-0.25, -0.2) is 0 Å². The van der Waals surface area contributed by atoms with Gasteiger partial charge < -0.3 is 20.2 Å². The van der Waals surface area contributed by atoms with E-state index in [2.05, 4.69) is 5.32 Å². The zero-order valence-electron chi connectivity index (χ0n) is 12.7. The van der Waals surface area contributed by atoms with Crippen LogP contribution in [0, 0.1) is 0 Å². The molecular formula is C17H21ClN2O3. The number of rotatable bonds is 4. The van der Waals surface area contributed by atoms with Crippen molar-refractivity contribution in [3.8, 4) is 11.7 Å². The van der Waals surface area contributed by atoms with Crippen LogP contribution in [0.5, 0.6) is 11.7 Å². The molecule has 1 saturated carbocycles. The van der Waals surface area contributed by atoms with Crippen LogP contribution in [-0.4, -0.2) is 18.0 Å². The lowest BCUT2D eigenvalue weighted by Crippen LogP contribution is -2.42. The van der Waals surface area contributed by atoms with Gasteiger partial charge in [-0.3, -0.25) is 4.79 Å². The van der Waals surface area contributed by atoms with E-state index >= 15 is 0 Å². The van der Waals surface area contributed by atoms with E-state index in [1.54, 1.807) is 12.1 Å². The first-order chi connectivity index (χ1) is 10.7. The topological polar surface area (TPSA) is 77.5 Å². The molecule has 0 radical (unpaired) electrons. The Labute approximate surface area is 141 Å². The first-order valence-electron chi connectivity index (χ1n) is 7.60. The highest BCUT2D eigenvalue weighted by Crippen LogP contribution is 2.24. The summed E-state index contributed by atoms with van der Waals surface area (Å²) in [5.41, 5.74) is 5.93. The Bertz CT molecular complexity index is 630. The van der Waals surface area contributed by atoms with Crippen LogP contribution < -0.4 is 15.8 Å². The van der Waals surface area contributed by atoms with Crippen molar-refractivity contribution in [1.82, 2.24) is 5.32 Å². The van der Waals surface area contributed by atoms with Gasteiger partial charge in [0.2, 0.25) is 0 Å². The highest BCUT2D eigenvalue weighted by atomic mass is 35.5. The number of carbonyl (C=O) groups is 1. The number of benzene rings is 1. The van der Waals surface area contributed by atoms with Gasteiger partial charge in [0, 0.05) is 18.2 Å². The molecule has 0 spiro atoms. The smallest absolute Gasteiger partial charge is 0.290 e. The third-order valence-corrected chi connectivity index (χ3v) is 3.82. The number of para-hydroxylation sites is 1. The first kappa shape index (κ1) is 17.4. The van der Waals surface area contributed by atoms with E-state index in [9.17, 15) is 4.79 Å². The van der Waals surface area contributed by atoms with E-state index in [1.165, 1.54) is 0 Å². The summed E-state index contributed by atoms with van der Waals surface area (Å²) in [5.74, 6) is 1.01. The minimum absolute atomic E-state index is 0. The van der Waals surface area contributed by atoms with Gasteiger partial charge >= 0.3 is 0 Å². The zero-order chi connectivity index (χ0) is 15.4. The molecular weight excluding hydrogens is 316 g/mol. The lowest BCUT2D eigenvalue weighted by atomic mass is 9.91. The van der Waals surface area contributed by atoms with Crippen LogP contribution in [0.1, 0.15) is 36.2 Å². The van der Waals surface area contributed by atoms with Crippen molar-refractivity contribution in [2.24, 2.45) is 5.73 Å². The molecule has 1 aliphatic carbocycles. The van der Waals surface area contributed by atoms with Gasteiger partial charge in [0.1, 0.15) is 5.75 Å². The predicted octanol–water partition coefficient (Wildman–Crippen LogP) is 3.49. The lowest BCUT2D eigenvalue weighted by molar-refractivity contribution is 0.0892. The van der Waals surface area contributed by atoms with Crippen LogP contribution in [0.25, 0.3) is 0 Å². The van der Waals surface area contributed by atoms with Crippen molar-refractivity contribution in [2.75, 3.05) is 0 Å². The molecule has 0 aliphatic heterocycles. The number of nitrogens with one attached hydrogen (secondary N) is 1. The fraction of sp³-hybridized carbons (Fsp3) is 0.353. The van der Waals surface area contributed by atoms with Gasteiger partial charge in [0.15, 0.2) is 5.76 Å². The summed E-state index contributed by atoms with van der Waals surface area (Å²) < 4.78 is 11.0. The maximum Gasteiger partial charge on any atom is 0.290 e. The summed E-state index contributed by atoms with van der Waals surface area (Å²) >= 11 is 0. The molecule has 2 unspecified atom stereocenters. The minimum atomic E-state index is -0.220. The SMILES string of the molecule is Cl.NC1CCCC(NC(=O)c2ccc(Oc3ccccc3)o2)C1. The van der Waals surface area contributed by atoms with Crippen molar-refractivity contribution in [3.05, 3.63) is 48.2 Å². The number of amides is 1. The van der Waals surface area contributed by atoms with E-state index in [0.717, 1.165) is 25.7 Å². The van der Waals surface area contributed by atoms with E-state index in [1.807, 2.05) is 30.3 Å². The normalized spacial score (nSPS) is 20.4. The number of carbonyl (C=O) groups excluding carboxylic acids is 1. The van der Waals surface area contributed by atoms with Crippen molar-refractivity contribution in [2.45, 2.75) is 37.8 Å². The second kappa shape index (κ2) is 8.04. The number of halogens is 1. The third kappa shape index (κ3) is 4.74. The van der Waals surface area contributed by atoms with Crippen LogP contribution >= 0.6 is 12.4 Å². The lowest BCUT2D eigenvalue weighted by Gasteiger charge is -2.26. The summed E-state index contributed by atoms with van der Waals surface area (Å²) in [6, 6.07) is 12.9. The maximum absolute atomic E-state index is 12.2. The largest absolute Gasteiger partial charge is 0.426 e. The van der Waals surface area contributed by atoms with Gasteiger partial charge in [0.05, 0.1) is 0 Å². The molecule has 1 aromatic carbocycles. The third-order valence-electron chi connectivity index (χ3n) is 3.82. The summed E-state index contributed by atoms with van der Waals surface area (Å²) in [4.78, 5) is 12.2. The van der Waals surface area contributed by atoms with Crippen molar-refractivity contribution in [3.63, 3.8) is 0 Å². The summed E-state index contributed by atoms with van der Waals surface area (Å²) in [5, 5.41) is 2.97. The highest BCUT2D eigenvalue weighted by Gasteiger charge is 2.22. The molecule has 1 aliphatic rings. The van der Waals surface area contributed by atoms with Crippen LogP contribution in [-0.2, 0) is 0 Å². The molecule has 0 bridgehead atoms. The standard InChI is InChI=1S/C17H20N2O3.ClH/c18-12-5-4-6-13(11-12)19-17(20)15-9-10-16(22-15)21-14-7-2-1-3-8-14;/h1-3,7-10,12-13H,4-6,11,18H2,(H,19,20);1H. The Morgan fingerprint density at radius 1 is 1.17 bits per heavy atom. The fourth-order valence-electron chi connectivity index (χ4n) is 2.72. The maximum atomic E-state index is 12.2. The summed E-state index contributed by atoms with van der Waals surface area (Å²) in [7, 11) is 0. The monoisotopic (exact) mass is 336 g/mol. The molecule has 5 nitrogen and oxygen atoms in total. The number of hydrogen-bond acceptors (Lipinski definition) is 4. The van der Waals surface area contributed by atoms with Crippen molar-refractivity contribution in [1.29, 1.82) is 0 Å². The number of nitrogens with two attached hydrogens (primary N) is 1. The molecule has 1 heterocycles. The molecule has 3 N–H and O–H groups in total. The van der Waals surface area contributed by atoms with E-state index in [-0.39, 0.29) is 36.2 Å². The fourth-order valence-corrected chi connectivity index (χ4v) is 2.72. The quantitative estimate of drug-likeness (QED) is 0.895. The number of furan rings is 1. The van der Waals surface area contributed by atoms with E-state index in [0.29, 0.717) is 11.7 Å². The van der Waals surface area contributed by atoms with Crippen molar-refractivity contribution < 1.29 is 13.9 Å². The second-order valence-corrected chi connectivity index (χ2v) is 5.63. The zero-order valence-corrected chi connectivity index (χ0v) is 13.6. The average Bonchev–Trinajstić information content (AvgIpc) is 2.97.